The molecule has 1 atom stereocenters. The van der Waals surface area contributed by atoms with Gasteiger partial charge in [-0.3, -0.25) is 9.59 Å². The van der Waals surface area contributed by atoms with Gasteiger partial charge in [-0.05, 0) is 61.5 Å². The van der Waals surface area contributed by atoms with Crippen molar-refractivity contribution in [3.05, 3.63) is 64.7 Å². The van der Waals surface area contributed by atoms with Gasteiger partial charge >= 0.3 is 0 Å². The van der Waals surface area contributed by atoms with Crippen LogP contribution in [0.5, 0.6) is 11.5 Å². The van der Waals surface area contributed by atoms with Gasteiger partial charge in [0.15, 0.2) is 0 Å². The number of aliphatic hydroxyl groups is 1. The van der Waals surface area contributed by atoms with Crippen LogP contribution in [0.1, 0.15) is 36.6 Å². The van der Waals surface area contributed by atoms with Crippen LogP contribution < -0.4 is 9.47 Å². The average molecular weight is 453 g/mol. The van der Waals surface area contributed by atoms with Crippen LogP contribution in [-0.2, 0) is 9.59 Å². The topological polar surface area (TPSA) is 79.3 Å². The molecule has 1 aliphatic rings. The summed E-state index contributed by atoms with van der Waals surface area (Å²) in [6.45, 7) is 8.68. The van der Waals surface area contributed by atoms with Crippen LogP contribution in [0.2, 0.25) is 0 Å². The molecule has 2 aromatic rings. The van der Waals surface area contributed by atoms with E-state index in [9.17, 15) is 14.7 Å². The maximum absolute atomic E-state index is 13.2. The van der Waals surface area contributed by atoms with Crippen LogP contribution in [0.25, 0.3) is 5.76 Å². The van der Waals surface area contributed by atoms with E-state index >= 15 is 0 Å². The first kappa shape index (κ1) is 24.3. The Labute approximate surface area is 195 Å². The third-order valence-electron chi connectivity index (χ3n) is 6.19. The fourth-order valence-corrected chi connectivity index (χ4v) is 4.21. The second-order valence-corrected chi connectivity index (χ2v) is 7.98. The number of ether oxygens (including phenoxy) is 2. The van der Waals surface area contributed by atoms with Gasteiger partial charge in [0.05, 0.1) is 25.8 Å². The molecule has 1 amide bonds. The maximum Gasteiger partial charge on any atom is 0.295 e. The van der Waals surface area contributed by atoms with Crippen molar-refractivity contribution in [2.45, 2.75) is 26.8 Å². The number of likely N-dealkylation sites (N-methyl/N-ethyl adjacent to an activating group) is 1. The van der Waals surface area contributed by atoms with Crippen molar-refractivity contribution >= 4 is 17.4 Å². The number of likely N-dealkylation sites (tertiary alicyclic amines) is 1. The number of hydrogen-bond donors (Lipinski definition) is 1. The Morgan fingerprint density at radius 1 is 1.03 bits per heavy atom. The van der Waals surface area contributed by atoms with Crippen molar-refractivity contribution in [3.8, 4) is 11.5 Å². The number of aryl methyl sites for hydroxylation is 1. The van der Waals surface area contributed by atoms with E-state index in [-0.39, 0.29) is 11.3 Å². The molecule has 3 rings (SSSR count). The van der Waals surface area contributed by atoms with Crippen LogP contribution in [0.3, 0.4) is 0 Å². The highest BCUT2D eigenvalue weighted by Crippen LogP contribution is 2.40. The van der Waals surface area contributed by atoms with E-state index in [4.69, 9.17) is 9.47 Å². The summed E-state index contributed by atoms with van der Waals surface area (Å²) in [5, 5.41) is 11.2. The van der Waals surface area contributed by atoms with Crippen LogP contribution in [0, 0.1) is 6.92 Å². The molecule has 1 N–H and O–H groups in total. The molecule has 1 saturated heterocycles. The van der Waals surface area contributed by atoms with Gasteiger partial charge < -0.3 is 24.4 Å². The fraction of sp³-hybridized carbons (Fsp3) is 0.385. The van der Waals surface area contributed by atoms with Crippen LogP contribution in [0.15, 0.2) is 48.0 Å². The number of aliphatic hydroxyl groups excluding tert-OH is 1. The number of carbonyl (C=O) groups excluding carboxylic acids is 2. The highest BCUT2D eigenvalue weighted by atomic mass is 16.5. The first-order valence-electron chi connectivity index (χ1n) is 11.2. The van der Waals surface area contributed by atoms with Gasteiger partial charge in [0, 0.05) is 18.7 Å². The molecule has 0 radical (unpaired) electrons. The number of amides is 1. The smallest absolute Gasteiger partial charge is 0.295 e. The number of nitrogens with zero attached hydrogens (tertiary/aromatic N) is 2. The minimum atomic E-state index is -0.686. The first-order chi connectivity index (χ1) is 15.9. The Kier molecular flexibility index (Phi) is 7.76. The lowest BCUT2D eigenvalue weighted by Crippen LogP contribution is -2.38. The van der Waals surface area contributed by atoms with E-state index in [0.717, 1.165) is 24.2 Å². The highest BCUT2D eigenvalue weighted by Gasteiger charge is 2.46. The fourth-order valence-electron chi connectivity index (χ4n) is 4.21. The minimum absolute atomic E-state index is 0.0919. The lowest BCUT2D eigenvalue weighted by atomic mass is 9.94. The Bertz CT molecular complexity index is 1040. The molecule has 1 aliphatic heterocycles. The molecule has 7 heteroatoms. The molecule has 2 aromatic carbocycles. The normalized spacial score (nSPS) is 17.6. The second kappa shape index (κ2) is 10.5. The predicted molar refractivity (Wildman–Crippen MR) is 128 cm³/mol. The Morgan fingerprint density at radius 3 is 2.24 bits per heavy atom. The summed E-state index contributed by atoms with van der Waals surface area (Å²) in [6.07, 6.45) is 0. The van der Waals surface area contributed by atoms with Crippen molar-refractivity contribution in [2.75, 3.05) is 40.4 Å². The molecule has 1 fully saturated rings. The monoisotopic (exact) mass is 452 g/mol. The van der Waals surface area contributed by atoms with Crippen LogP contribution >= 0.6 is 0 Å². The molecule has 0 spiro atoms. The molecule has 7 nitrogen and oxygen atoms in total. The van der Waals surface area contributed by atoms with E-state index < -0.39 is 17.7 Å². The molecule has 33 heavy (non-hydrogen) atoms. The van der Waals surface area contributed by atoms with E-state index in [1.807, 2.05) is 19.1 Å². The lowest BCUT2D eigenvalue weighted by molar-refractivity contribution is -0.140. The van der Waals surface area contributed by atoms with Gasteiger partial charge in [0.1, 0.15) is 17.3 Å². The van der Waals surface area contributed by atoms with Crippen molar-refractivity contribution in [1.29, 1.82) is 0 Å². The number of benzene rings is 2. The zero-order valence-electron chi connectivity index (χ0n) is 19.9. The number of hydrogen-bond acceptors (Lipinski definition) is 6. The number of carbonyl (C=O) groups is 2. The molecular formula is C26H32N2O5. The van der Waals surface area contributed by atoms with Crippen molar-refractivity contribution in [2.24, 2.45) is 0 Å². The maximum atomic E-state index is 13.2. The third kappa shape index (κ3) is 4.88. The zero-order valence-corrected chi connectivity index (χ0v) is 19.9. The van der Waals surface area contributed by atoms with Crippen molar-refractivity contribution < 1.29 is 24.2 Å². The molecule has 0 saturated carbocycles. The standard InChI is InChI=1S/C26H32N2O5/c1-6-27(7-2)14-15-28-23(18-8-11-20(32-4)12-9-18)22(25(30)26(28)31)24(29)19-10-13-21(33-5)17(3)16-19/h8-13,16,23,29H,6-7,14-15H2,1-5H3. The summed E-state index contributed by atoms with van der Waals surface area (Å²) in [4.78, 5) is 30.0. The lowest BCUT2D eigenvalue weighted by Gasteiger charge is -2.28. The molecule has 0 aliphatic carbocycles. The summed E-state index contributed by atoms with van der Waals surface area (Å²) in [6, 6.07) is 11.7. The number of Topliss-reactive ketones (excluding diaryl/α,β-unsaturated/α-hetero) is 1. The van der Waals surface area contributed by atoms with E-state index in [2.05, 4.69) is 18.7 Å². The number of ketones is 1. The van der Waals surface area contributed by atoms with Gasteiger partial charge in [-0.25, -0.2) is 0 Å². The Balaban J connectivity index is 2.10. The second-order valence-electron chi connectivity index (χ2n) is 7.98. The largest absolute Gasteiger partial charge is 0.507 e. The third-order valence-corrected chi connectivity index (χ3v) is 6.19. The minimum Gasteiger partial charge on any atom is -0.507 e. The summed E-state index contributed by atoms with van der Waals surface area (Å²) in [5.41, 5.74) is 2.11. The molecule has 1 unspecified atom stereocenters. The van der Waals surface area contributed by atoms with E-state index in [0.29, 0.717) is 30.2 Å². The Morgan fingerprint density at radius 2 is 1.70 bits per heavy atom. The summed E-state index contributed by atoms with van der Waals surface area (Å²) < 4.78 is 10.6. The summed E-state index contributed by atoms with van der Waals surface area (Å²) in [7, 11) is 3.16. The van der Waals surface area contributed by atoms with Crippen molar-refractivity contribution in [3.63, 3.8) is 0 Å². The van der Waals surface area contributed by atoms with Gasteiger partial charge in [-0.2, -0.15) is 0 Å². The average Bonchev–Trinajstić information content (AvgIpc) is 3.09. The quantitative estimate of drug-likeness (QED) is 0.354. The van der Waals surface area contributed by atoms with E-state index in [1.54, 1.807) is 49.5 Å². The molecule has 0 aromatic heterocycles. The van der Waals surface area contributed by atoms with Gasteiger partial charge in [-0.15, -0.1) is 0 Å². The van der Waals surface area contributed by atoms with E-state index in [1.165, 1.54) is 0 Å². The molecule has 1 heterocycles. The van der Waals surface area contributed by atoms with Crippen LogP contribution in [0.4, 0.5) is 0 Å². The highest BCUT2D eigenvalue weighted by molar-refractivity contribution is 6.46. The first-order valence-corrected chi connectivity index (χ1v) is 11.2. The zero-order chi connectivity index (χ0) is 24.1. The molecule has 176 valence electrons. The predicted octanol–water partition coefficient (Wildman–Crippen LogP) is 3.78. The SMILES string of the molecule is CCN(CC)CCN1C(=O)C(=O)C(=C(O)c2ccc(OC)c(C)c2)C1c1ccc(OC)cc1. The Hall–Kier alpha value is -3.32. The molecule has 0 bridgehead atoms. The van der Waals surface area contributed by atoms with Gasteiger partial charge in [0.25, 0.3) is 11.7 Å². The van der Waals surface area contributed by atoms with Gasteiger partial charge in [-0.1, -0.05) is 26.0 Å². The van der Waals surface area contributed by atoms with Gasteiger partial charge in [0.2, 0.25) is 0 Å². The summed E-state index contributed by atoms with van der Waals surface area (Å²) in [5.74, 6) is -0.121. The molecular weight excluding hydrogens is 420 g/mol. The number of methoxy groups -OCH3 is 2. The van der Waals surface area contributed by atoms with Crippen LogP contribution in [-0.4, -0.2) is 67.0 Å². The van der Waals surface area contributed by atoms with Crippen molar-refractivity contribution in [1.82, 2.24) is 9.80 Å². The summed E-state index contributed by atoms with van der Waals surface area (Å²) >= 11 is 0. The number of rotatable bonds is 9.